The number of aromatic nitrogens is 4. The van der Waals surface area contributed by atoms with Crippen molar-refractivity contribution in [2.45, 2.75) is 112 Å². The largest absolute Gasteiger partial charge is 0.448 e. The van der Waals surface area contributed by atoms with E-state index in [0.29, 0.717) is 36.2 Å². The topological polar surface area (TPSA) is 88.2 Å². The average Bonchev–Trinajstić information content (AvgIpc) is 3.80. The Bertz CT molecular complexity index is 1480. The Morgan fingerprint density at radius 2 is 1.50 bits per heavy atom. The molecule has 4 unspecified atom stereocenters. The second-order valence-corrected chi connectivity index (χ2v) is 17.3. The highest BCUT2D eigenvalue weighted by Gasteiger charge is 2.71. The molecule has 0 amide bonds. The van der Waals surface area contributed by atoms with Crippen LogP contribution in [-0.2, 0) is 9.47 Å². The van der Waals surface area contributed by atoms with Crippen LogP contribution in [0, 0.1) is 56.7 Å². The molecule has 46 heavy (non-hydrogen) atoms. The number of carbonyl (C=O) groups excluding carboxylic acids is 2. The number of imidazole rings is 2. The van der Waals surface area contributed by atoms with Crippen LogP contribution in [0.3, 0.4) is 0 Å². The zero-order valence-electron chi connectivity index (χ0n) is 28.8. The van der Waals surface area contributed by atoms with Gasteiger partial charge >= 0.3 is 12.2 Å². The van der Waals surface area contributed by atoms with E-state index in [9.17, 15) is 9.59 Å². The molecule has 0 aliphatic heterocycles. The minimum atomic E-state index is -0.325. The molecule has 5 fully saturated rings. The van der Waals surface area contributed by atoms with E-state index >= 15 is 0 Å². The summed E-state index contributed by atoms with van der Waals surface area (Å²) in [5.74, 6) is 2.66. The molecule has 7 rings (SSSR count). The van der Waals surface area contributed by atoms with Crippen molar-refractivity contribution in [3.8, 4) is 0 Å². The molecule has 0 spiro atoms. The van der Waals surface area contributed by atoms with E-state index in [1.54, 1.807) is 24.8 Å². The lowest BCUT2D eigenvalue weighted by atomic mass is 9.32. The average molecular weight is 631 g/mol. The third-order valence-electron chi connectivity index (χ3n) is 15.3. The predicted octanol–water partition coefficient (Wildman–Crippen LogP) is 8.78. The lowest BCUT2D eigenvalue weighted by Crippen LogP contribution is -2.67. The van der Waals surface area contributed by atoms with Crippen molar-refractivity contribution in [2.75, 3.05) is 6.61 Å². The summed E-state index contributed by atoms with van der Waals surface area (Å²) in [7, 11) is 0. The third kappa shape index (κ3) is 4.43. The van der Waals surface area contributed by atoms with E-state index in [1.807, 2.05) is 0 Å². The van der Waals surface area contributed by atoms with Crippen LogP contribution in [-0.4, -0.2) is 44.0 Å². The summed E-state index contributed by atoms with van der Waals surface area (Å²) in [5.41, 5.74) is 1.82. The maximum Gasteiger partial charge on any atom is 0.419 e. The van der Waals surface area contributed by atoms with E-state index in [-0.39, 0.29) is 45.4 Å². The zero-order chi connectivity index (χ0) is 32.7. The molecule has 8 nitrogen and oxygen atoms in total. The molecule has 250 valence electrons. The Hall–Kier alpha value is -2.90. The van der Waals surface area contributed by atoms with Crippen LogP contribution in [0.25, 0.3) is 0 Å². The first-order chi connectivity index (χ1) is 21.8. The summed E-state index contributed by atoms with van der Waals surface area (Å²) in [6.07, 6.45) is 20.2. The highest BCUT2D eigenvalue weighted by Crippen LogP contribution is 2.77. The fourth-order valence-corrected chi connectivity index (χ4v) is 12.9. The Morgan fingerprint density at radius 3 is 2.15 bits per heavy atom. The minimum absolute atomic E-state index is 0.00744. The van der Waals surface area contributed by atoms with Crippen LogP contribution in [0.1, 0.15) is 106 Å². The predicted molar refractivity (Wildman–Crippen MR) is 176 cm³/mol. The van der Waals surface area contributed by atoms with Gasteiger partial charge in [-0.3, -0.25) is 0 Å². The number of rotatable bonds is 4. The van der Waals surface area contributed by atoms with Crippen LogP contribution in [0.5, 0.6) is 0 Å². The monoisotopic (exact) mass is 630 g/mol. The summed E-state index contributed by atoms with van der Waals surface area (Å²) in [6.45, 7) is 19.8. The highest BCUT2D eigenvalue weighted by molar-refractivity contribution is 5.70. The van der Waals surface area contributed by atoms with E-state index in [4.69, 9.17) is 9.47 Å². The molecule has 5 saturated carbocycles. The molecule has 0 saturated heterocycles. The van der Waals surface area contributed by atoms with Gasteiger partial charge in [-0.2, -0.15) is 0 Å². The molecule has 2 heterocycles. The van der Waals surface area contributed by atoms with Crippen molar-refractivity contribution in [3.63, 3.8) is 0 Å². The van der Waals surface area contributed by atoms with Gasteiger partial charge in [0.2, 0.25) is 0 Å². The van der Waals surface area contributed by atoms with E-state index in [0.717, 1.165) is 32.1 Å². The maximum absolute atomic E-state index is 13.0. The van der Waals surface area contributed by atoms with Crippen LogP contribution in [0.15, 0.2) is 49.6 Å². The third-order valence-corrected chi connectivity index (χ3v) is 15.3. The van der Waals surface area contributed by atoms with Crippen molar-refractivity contribution in [1.82, 2.24) is 19.1 Å². The number of carbonyl (C=O) groups is 2. The number of hydrogen-bond acceptors (Lipinski definition) is 6. The van der Waals surface area contributed by atoms with Crippen molar-refractivity contribution in [2.24, 2.45) is 56.7 Å². The van der Waals surface area contributed by atoms with Gasteiger partial charge in [0.15, 0.2) is 0 Å². The van der Waals surface area contributed by atoms with Gasteiger partial charge in [0.05, 0.1) is 6.61 Å². The van der Waals surface area contributed by atoms with Crippen LogP contribution >= 0.6 is 0 Å². The first kappa shape index (κ1) is 31.7. The molecule has 0 aromatic carbocycles. The lowest BCUT2D eigenvalue weighted by molar-refractivity contribution is -0.249. The molecule has 0 N–H and O–H groups in total. The van der Waals surface area contributed by atoms with Gasteiger partial charge in [-0.1, -0.05) is 46.8 Å². The molecule has 2 aromatic heterocycles. The number of ether oxygens (including phenoxy) is 2. The molecule has 5 aliphatic carbocycles. The Labute approximate surface area is 274 Å². The fourth-order valence-electron chi connectivity index (χ4n) is 12.9. The molecule has 10 atom stereocenters. The first-order valence-electron chi connectivity index (χ1n) is 17.8. The number of allylic oxidation sites excluding steroid dienone is 1. The maximum atomic E-state index is 13.0. The van der Waals surface area contributed by atoms with Gasteiger partial charge in [-0.05, 0) is 117 Å². The second-order valence-electron chi connectivity index (χ2n) is 17.3. The molecule has 8 heteroatoms. The summed E-state index contributed by atoms with van der Waals surface area (Å²) in [5, 5.41) is 0. The van der Waals surface area contributed by atoms with Gasteiger partial charge < -0.3 is 9.47 Å². The Balaban J connectivity index is 1.15. The molecule has 0 radical (unpaired) electrons. The summed E-state index contributed by atoms with van der Waals surface area (Å²) in [4.78, 5) is 34.0. The second kappa shape index (κ2) is 10.8. The summed E-state index contributed by atoms with van der Waals surface area (Å²) < 4.78 is 15.2. The van der Waals surface area contributed by atoms with E-state index in [2.05, 4.69) is 58.1 Å². The molecule has 5 aliphatic rings. The molecule has 0 bridgehead atoms. The smallest absolute Gasteiger partial charge is 0.419 e. The standard InChI is InChI=1S/C38H54N4O4/c1-25(2)26-10-15-38(22-45-32(43)41-20-18-39-23-41)17-16-36(6)27(31(26)38)8-9-29-35(5)13-12-30(46-33(44)42-21-19-40-24-42)34(3,4)28(35)11-14-37(29,36)7/h18-21,23-24,26-31H,1,8-17,22H2,2-7H3/t26-,27?,28?,29?,30-,31?,35-,36+,37+,38+/m0/s1. The van der Waals surface area contributed by atoms with Crippen molar-refractivity contribution < 1.29 is 19.1 Å². The van der Waals surface area contributed by atoms with Crippen LogP contribution in [0.2, 0.25) is 0 Å². The number of nitrogens with zero attached hydrogens (tertiary/aromatic N) is 4. The van der Waals surface area contributed by atoms with E-state index in [1.165, 1.54) is 59.5 Å². The van der Waals surface area contributed by atoms with Gasteiger partial charge in [0, 0.05) is 35.6 Å². The molecular weight excluding hydrogens is 576 g/mol. The molecule has 2 aromatic rings. The van der Waals surface area contributed by atoms with E-state index < -0.39 is 0 Å². The van der Waals surface area contributed by atoms with Crippen LogP contribution in [0.4, 0.5) is 9.59 Å². The lowest BCUT2D eigenvalue weighted by Gasteiger charge is -2.73. The quantitative estimate of drug-likeness (QED) is 0.314. The first-order valence-corrected chi connectivity index (χ1v) is 17.8. The number of hydrogen-bond donors (Lipinski definition) is 0. The fraction of sp³-hybridized carbons (Fsp3) is 0.737. The van der Waals surface area contributed by atoms with Gasteiger partial charge in [-0.15, -0.1) is 0 Å². The Morgan fingerprint density at radius 1 is 0.804 bits per heavy atom. The van der Waals surface area contributed by atoms with Gasteiger partial charge in [0.1, 0.15) is 18.8 Å². The van der Waals surface area contributed by atoms with Crippen molar-refractivity contribution in [1.29, 1.82) is 0 Å². The van der Waals surface area contributed by atoms with Crippen molar-refractivity contribution >= 4 is 12.2 Å². The molecular formula is C38H54N4O4. The van der Waals surface area contributed by atoms with Gasteiger partial charge in [-0.25, -0.2) is 28.7 Å². The minimum Gasteiger partial charge on any atom is -0.448 e. The number of fused-ring (bicyclic) bond motifs is 7. The Kier molecular flexibility index (Phi) is 7.45. The highest BCUT2D eigenvalue weighted by atomic mass is 16.6. The SMILES string of the molecule is C=C(C)[C@@H]1CC[C@]2(COC(=O)n3ccnc3)CC[C@]3(C)C(CCC4[C@@]5(C)CC[C@H](OC(=O)n6ccnc6)C(C)(C)C5CC[C@]43C)C12. The zero-order valence-corrected chi connectivity index (χ0v) is 28.8. The van der Waals surface area contributed by atoms with Crippen molar-refractivity contribution in [3.05, 3.63) is 49.6 Å². The summed E-state index contributed by atoms with van der Waals surface area (Å²) in [6, 6.07) is 0. The normalized spacial score (nSPS) is 42.6. The van der Waals surface area contributed by atoms with Crippen LogP contribution < -0.4 is 0 Å². The van der Waals surface area contributed by atoms with Gasteiger partial charge in [0.25, 0.3) is 0 Å². The summed E-state index contributed by atoms with van der Waals surface area (Å²) >= 11 is 0.